The highest BCUT2D eigenvalue weighted by molar-refractivity contribution is 7.15. The molecular weight excluding hydrogens is 260 g/mol. The van der Waals surface area contributed by atoms with Gasteiger partial charge in [0.05, 0.1) is 7.11 Å². The Labute approximate surface area is 116 Å². The predicted octanol–water partition coefficient (Wildman–Crippen LogP) is 3.31. The number of hydrogen-bond donors (Lipinski definition) is 0. The maximum atomic E-state index is 11.6. The number of aryl methyl sites for hydroxylation is 2. The second-order valence-electron chi connectivity index (χ2n) is 4.29. The molecule has 100 valence electrons. The molecule has 0 N–H and O–H groups in total. The van der Waals surface area contributed by atoms with Gasteiger partial charge >= 0.3 is 5.97 Å². The number of ether oxygens (including phenoxy) is 1. The topological polar surface area (TPSA) is 42.4 Å². The Kier molecular flexibility index (Phi) is 3.85. The standard InChI is InChI=1S/C14H16N2O2S/c1-9-6-5-7-11(8-9)16(3)14-15-12(10(2)19-14)13(17)18-4/h5-8H,1-4H3. The summed E-state index contributed by atoms with van der Waals surface area (Å²) in [6, 6.07) is 8.14. The van der Waals surface area contributed by atoms with E-state index < -0.39 is 5.97 Å². The van der Waals surface area contributed by atoms with E-state index >= 15 is 0 Å². The summed E-state index contributed by atoms with van der Waals surface area (Å²) in [5.41, 5.74) is 2.62. The Morgan fingerprint density at radius 1 is 1.37 bits per heavy atom. The van der Waals surface area contributed by atoms with Crippen LogP contribution >= 0.6 is 11.3 Å². The van der Waals surface area contributed by atoms with Gasteiger partial charge in [-0.2, -0.15) is 0 Å². The summed E-state index contributed by atoms with van der Waals surface area (Å²) in [6.07, 6.45) is 0. The molecule has 0 fully saturated rings. The molecule has 0 aliphatic carbocycles. The number of rotatable bonds is 3. The van der Waals surface area contributed by atoms with Crippen LogP contribution in [0.25, 0.3) is 0 Å². The molecular formula is C14H16N2O2S. The molecule has 0 saturated carbocycles. The number of esters is 1. The summed E-state index contributed by atoms with van der Waals surface area (Å²) in [4.78, 5) is 18.8. The number of benzene rings is 1. The van der Waals surface area contributed by atoms with Crippen molar-refractivity contribution in [2.45, 2.75) is 13.8 Å². The third-order valence-electron chi connectivity index (χ3n) is 2.84. The first-order valence-corrected chi connectivity index (χ1v) is 6.70. The van der Waals surface area contributed by atoms with Crippen molar-refractivity contribution in [1.29, 1.82) is 0 Å². The lowest BCUT2D eigenvalue weighted by atomic mass is 10.2. The van der Waals surface area contributed by atoms with Crippen molar-refractivity contribution in [2.24, 2.45) is 0 Å². The van der Waals surface area contributed by atoms with Gasteiger partial charge < -0.3 is 9.64 Å². The molecule has 0 aliphatic heterocycles. The highest BCUT2D eigenvalue weighted by atomic mass is 32.1. The first-order chi connectivity index (χ1) is 9.02. The number of aromatic nitrogens is 1. The van der Waals surface area contributed by atoms with Crippen molar-refractivity contribution in [3.63, 3.8) is 0 Å². The highest BCUT2D eigenvalue weighted by Gasteiger charge is 2.18. The van der Waals surface area contributed by atoms with Crippen LogP contribution in [0.1, 0.15) is 20.9 Å². The molecule has 5 heteroatoms. The van der Waals surface area contributed by atoms with E-state index in [4.69, 9.17) is 4.74 Å². The maximum Gasteiger partial charge on any atom is 0.357 e. The third-order valence-corrected chi connectivity index (χ3v) is 3.89. The van der Waals surface area contributed by atoms with Crippen LogP contribution in [0.3, 0.4) is 0 Å². The maximum absolute atomic E-state index is 11.6. The van der Waals surface area contributed by atoms with Crippen molar-refractivity contribution in [3.8, 4) is 0 Å². The fourth-order valence-electron chi connectivity index (χ4n) is 1.76. The van der Waals surface area contributed by atoms with Crippen molar-refractivity contribution >= 4 is 28.1 Å². The van der Waals surface area contributed by atoms with Crippen molar-refractivity contribution < 1.29 is 9.53 Å². The van der Waals surface area contributed by atoms with Crippen molar-refractivity contribution in [1.82, 2.24) is 4.98 Å². The number of methoxy groups -OCH3 is 1. The molecule has 0 radical (unpaired) electrons. The second kappa shape index (κ2) is 5.40. The largest absolute Gasteiger partial charge is 0.464 e. The lowest BCUT2D eigenvalue weighted by Gasteiger charge is -2.16. The fraction of sp³-hybridized carbons (Fsp3) is 0.286. The van der Waals surface area contributed by atoms with Crippen LogP contribution in [0.2, 0.25) is 0 Å². The van der Waals surface area contributed by atoms with Crippen LogP contribution in [0.5, 0.6) is 0 Å². The van der Waals surface area contributed by atoms with Crippen LogP contribution in [0.4, 0.5) is 10.8 Å². The van der Waals surface area contributed by atoms with Gasteiger partial charge in [0.25, 0.3) is 0 Å². The van der Waals surface area contributed by atoms with E-state index in [1.165, 1.54) is 24.0 Å². The minimum Gasteiger partial charge on any atom is -0.464 e. The predicted molar refractivity (Wildman–Crippen MR) is 77.4 cm³/mol. The molecule has 2 aromatic rings. The number of hydrogen-bond acceptors (Lipinski definition) is 5. The van der Waals surface area contributed by atoms with Gasteiger partial charge in [0, 0.05) is 17.6 Å². The van der Waals surface area contributed by atoms with Crippen LogP contribution in [-0.2, 0) is 4.74 Å². The van der Waals surface area contributed by atoms with Crippen LogP contribution in [-0.4, -0.2) is 25.1 Å². The van der Waals surface area contributed by atoms with Gasteiger partial charge in [0.2, 0.25) is 0 Å². The Morgan fingerprint density at radius 3 is 2.74 bits per heavy atom. The summed E-state index contributed by atoms with van der Waals surface area (Å²) in [6.45, 7) is 3.92. The zero-order valence-electron chi connectivity index (χ0n) is 11.4. The van der Waals surface area contributed by atoms with Gasteiger partial charge in [0.1, 0.15) is 0 Å². The number of carbonyl (C=O) groups excluding carboxylic acids is 1. The first-order valence-electron chi connectivity index (χ1n) is 5.89. The van der Waals surface area contributed by atoms with Crippen LogP contribution in [0.15, 0.2) is 24.3 Å². The smallest absolute Gasteiger partial charge is 0.357 e. The summed E-state index contributed by atoms with van der Waals surface area (Å²) in [5.74, 6) is -0.391. The molecule has 1 aromatic carbocycles. The van der Waals surface area contributed by atoms with Gasteiger partial charge in [-0.25, -0.2) is 9.78 Å². The Morgan fingerprint density at radius 2 is 2.11 bits per heavy atom. The fourth-order valence-corrected chi connectivity index (χ4v) is 2.64. The van der Waals surface area contributed by atoms with E-state index in [-0.39, 0.29) is 0 Å². The Bertz CT molecular complexity index is 607. The quantitative estimate of drug-likeness (QED) is 0.807. The average molecular weight is 276 g/mol. The zero-order valence-corrected chi connectivity index (χ0v) is 12.2. The van der Waals surface area contributed by atoms with Gasteiger partial charge in [0.15, 0.2) is 10.8 Å². The summed E-state index contributed by atoms with van der Waals surface area (Å²) < 4.78 is 4.72. The third kappa shape index (κ3) is 2.76. The molecule has 1 aromatic heterocycles. The van der Waals surface area contributed by atoms with E-state index in [0.29, 0.717) is 5.69 Å². The first kappa shape index (κ1) is 13.5. The molecule has 0 saturated heterocycles. The number of thiazole rings is 1. The number of nitrogens with zero attached hydrogens (tertiary/aromatic N) is 2. The minimum absolute atomic E-state index is 0.391. The van der Waals surface area contributed by atoms with E-state index in [9.17, 15) is 4.79 Å². The van der Waals surface area contributed by atoms with Crippen LogP contribution in [0, 0.1) is 13.8 Å². The van der Waals surface area contributed by atoms with E-state index in [1.54, 1.807) is 0 Å². The summed E-state index contributed by atoms with van der Waals surface area (Å²) in [5, 5.41) is 0.781. The molecule has 19 heavy (non-hydrogen) atoms. The molecule has 0 spiro atoms. The number of carbonyl (C=O) groups is 1. The van der Waals surface area contributed by atoms with Crippen molar-refractivity contribution in [3.05, 3.63) is 40.4 Å². The van der Waals surface area contributed by atoms with E-state index in [1.807, 2.05) is 44.0 Å². The zero-order chi connectivity index (χ0) is 14.0. The highest BCUT2D eigenvalue weighted by Crippen LogP contribution is 2.30. The minimum atomic E-state index is -0.391. The monoisotopic (exact) mass is 276 g/mol. The second-order valence-corrected chi connectivity index (χ2v) is 5.47. The Hall–Kier alpha value is -1.88. The molecule has 0 aliphatic rings. The normalized spacial score (nSPS) is 10.3. The molecule has 0 bridgehead atoms. The Balaban J connectivity index is 2.34. The SMILES string of the molecule is COC(=O)c1nc(N(C)c2cccc(C)c2)sc1C. The van der Waals surface area contributed by atoms with Gasteiger partial charge in [-0.1, -0.05) is 12.1 Å². The molecule has 4 nitrogen and oxygen atoms in total. The van der Waals surface area contributed by atoms with Crippen molar-refractivity contribution in [2.75, 3.05) is 19.1 Å². The lowest BCUT2D eigenvalue weighted by Crippen LogP contribution is -2.10. The molecule has 0 amide bonds. The molecule has 0 atom stereocenters. The van der Waals surface area contributed by atoms with E-state index in [0.717, 1.165) is 15.7 Å². The summed E-state index contributed by atoms with van der Waals surface area (Å²) >= 11 is 1.48. The number of anilines is 2. The lowest BCUT2D eigenvalue weighted by molar-refractivity contribution is 0.0594. The van der Waals surface area contributed by atoms with Gasteiger partial charge in [-0.15, -0.1) is 11.3 Å². The molecule has 0 unspecified atom stereocenters. The van der Waals surface area contributed by atoms with E-state index in [2.05, 4.69) is 11.1 Å². The molecule has 1 heterocycles. The van der Waals surface area contributed by atoms with Crippen LogP contribution < -0.4 is 4.90 Å². The van der Waals surface area contributed by atoms with Gasteiger partial charge in [-0.3, -0.25) is 0 Å². The van der Waals surface area contributed by atoms with Gasteiger partial charge in [-0.05, 0) is 31.5 Å². The molecule has 2 rings (SSSR count). The summed E-state index contributed by atoms with van der Waals surface area (Å²) in [7, 11) is 3.30. The average Bonchev–Trinajstić information content (AvgIpc) is 2.79.